The van der Waals surface area contributed by atoms with E-state index in [-0.39, 0.29) is 0 Å². The molecule has 0 N–H and O–H groups in total. The van der Waals surface area contributed by atoms with Crippen LogP contribution in [-0.2, 0) is 0 Å². The summed E-state index contributed by atoms with van der Waals surface area (Å²) in [5.74, 6) is 14.7. The predicted molar refractivity (Wildman–Crippen MR) is 132 cm³/mol. The Morgan fingerprint density at radius 1 is 0.414 bits per heavy atom. The summed E-state index contributed by atoms with van der Waals surface area (Å²) in [5, 5.41) is 2.20. The normalized spacial score (nSPS) is 22.6. The van der Waals surface area contributed by atoms with Gasteiger partial charge in [-0.15, -0.1) is 23.5 Å². The molecule has 10 radical (unpaired) electrons. The molecule has 0 atom stereocenters. The number of hydrogen-bond donors (Lipinski definition) is 0. The van der Waals surface area contributed by atoms with Gasteiger partial charge in [0.25, 0.3) is 0 Å². The number of hydrogen-bond acceptors (Lipinski definition) is 4. The van der Waals surface area contributed by atoms with Crippen LogP contribution < -0.4 is 0 Å². The molecule has 29 heavy (non-hydrogen) atoms. The zero-order valence-corrected chi connectivity index (χ0v) is 22.8. The molecule has 0 saturated heterocycles. The SMILES string of the molecule is CSc1n[si+2]nc1SC.C[C]1[C](C)[C](C)[C](C)[C]1C.C[C]1[C](C)[C](C)[C](C)[C]1C. The number of aromatic nitrogens is 2. The summed E-state index contributed by atoms with van der Waals surface area (Å²) in [5.41, 5.74) is 0. The first-order valence-corrected chi connectivity index (χ1v) is 13.2. The lowest BCUT2D eigenvalue weighted by Gasteiger charge is -2.12. The third-order valence-electron chi connectivity index (χ3n) is 6.50. The van der Waals surface area contributed by atoms with Crippen molar-refractivity contribution in [2.75, 3.05) is 12.5 Å². The van der Waals surface area contributed by atoms with Crippen LogP contribution in [0.4, 0.5) is 0 Å². The molecule has 1 aromatic rings. The molecule has 0 bridgehead atoms. The van der Waals surface area contributed by atoms with E-state index in [1.54, 1.807) is 23.5 Å². The van der Waals surface area contributed by atoms with Gasteiger partial charge >= 0.3 is 9.46 Å². The van der Waals surface area contributed by atoms with E-state index in [2.05, 4.69) is 78.5 Å². The lowest BCUT2D eigenvalue weighted by Crippen LogP contribution is -2.00. The van der Waals surface area contributed by atoms with Crippen molar-refractivity contribution in [1.29, 1.82) is 0 Å². The predicted octanol–water partition coefficient (Wildman–Crippen LogP) is 6.92. The van der Waals surface area contributed by atoms with E-state index < -0.39 is 0 Å². The Hall–Kier alpha value is 0.257. The minimum absolute atomic E-state index is 0.417. The van der Waals surface area contributed by atoms with Gasteiger partial charge in [-0.05, 0) is 71.7 Å². The summed E-state index contributed by atoms with van der Waals surface area (Å²) in [4.78, 5) is 0. The Morgan fingerprint density at radius 3 is 0.724 bits per heavy atom. The zero-order chi connectivity index (χ0) is 22.5. The average Bonchev–Trinajstić information content (AvgIpc) is 3.32. The van der Waals surface area contributed by atoms with Gasteiger partial charge in [0.1, 0.15) is 9.28 Å². The topological polar surface area (TPSA) is 25.8 Å². The molecule has 2 aliphatic carbocycles. The maximum atomic E-state index is 4.19. The smallest absolute Gasteiger partial charge is 0.101 e. The van der Waals surface area contributed by atoms with Crippen molar-refractivity contribution in [1.82, 2.24) is 9.28 Å². The molecular formula is C24H36N2S2Si+2. The van der Waals surface area contributed by atoms with Crippen molar-refractivity contribution in [2.24, 2.45) is 0 Å². The summed E-state index contributed by atoms with van der Waals surface area (Å²) in [6.45, 7) is 22.0. The fraction of sp³-hybridized carbons (Fsp3) is 0.500. The molecule has 2 saturated carbocycles. The number of nitrogens with zero attached hydrogens (tertiary/aromatic N) is 2. The third kappa shape index (κ3) is 6.62. The standard InChI is InChI=1S/2C10H15.C4H6N2S2Si/c2*1-6-7(2)9(4)10(5)8(6)3;1-7-3-4(8-2)6-9-5-3/h2*1-5H3;1-2H3/q;;+2. The van der Waals surface area contributed by atoms with E-state index in [9.17, 15) is 0 Å². The molecular weight excluding hydrogens is 408 g/mol. The van der Waals surface area contributed by atoms with Crippen LogP contribution in [0.5, 0.6) is 0 Å². The van der Waals surface area contributed by atoms with Gasteiger partial charge in [-0.25, -0.2) is 0 Å². The second-order valence-electron chi connectivity index (χ2n) is 7.59. The Kier molecular flexibility index (Phi) is 11.6. The third-order valence-corrected chi connectivity index (χ3v) is 8.94. The van der Waals surface area contributed by atoms with E-state index in [1.807, 2.05) is 12.5 Å². The molecule has 0 spiro atoms. The molecule has 0 aliphatic heterocycles. The molecule has 0 amide bonds. The Labute approximate surface area is 192 Å². The van der Waals surface area contributed by atoms with Gasteiger partial charge in [-0.1, -0.05) is 69.2 Å². The second kappa shape index (κ2) is 12.3. The van der Waals surface area contributed by atoms with Crippen LogP contribution in [0.15, 0.2) is 10.1 Å². The minimum atomic E-state index is 0.417. The highest BCUT2D eigenvalue weighted by molar-refractivity contribution is 8.01. The van der Waals surface area contributed by atoms with Crippen molar-refractivity contribution in [3.05, 3.63) is 59.2 Å². The number of rotatable bonds is 2. The van der Waals surface area contributed by atoms with E-state index in [0.29, 0.717) is 9.46 Å². The van der Waals surface area contributed by atoms with E-state index in [1.165, 1.54) is 59.2 Å². The van der Waals surface area contributed by atoms with Crippen molar-refractivity contribution < 1.29 is 0 Å². The maximum absolute atomic E-state index is 4.19. The van der Waals surface area contributed by atoms with Gasteiger partial charge in [0.05, 0.1) is 0 Å². The van der Waals surface area contributed by atoms with Crippen molar-refractivity contribution in [3.63, 3.8) is 0 Å². The quantitative estimate of drug-likeness (QED) is 0.365. The molecule has 0 unspecified atom stereocenters. The molecule has 3 rings (SSSR count). The lowest BCUT2D eigenvalue weighted by molar-refractivity contribution is 0.973. The zero-order valence-electron chi connectivity index (χ0n) is 20.2. The molecule has 1 heterocycles. The van der Waals surface area contributed by atoms with Crippen LogP contribution >= 0.6 is 23.5 Å². The van der Waals surface area contributed by atoms with E-state index in [0.717, 1.165) is 10.1 Å². The fourth-order valence-electron chi connectivity index (χ4n) is 3.29. The molecule has 2 aliphatic rings. The number of thioether (sulfide) groups is 2. The fourth-order valence-corrected chi connectivity index (χ4v) is 5.81. The van der Waals surface area contributed by atoms with Crippen LogP contribution in [0.3, 0.4) is 0 Å². The first-order chi connectivity index (χ1) is 13.5. The van der Waals surface area contributed by atoms with Gasteiger partial charge in [-0.3, -0.25) is 0 Å². The Balaban J connectivity index is 0.000000218. The molecule has 156 valence electrons. The van der Waals surface area contributed by atoms with Crippen molar-refractivity contribution in [2.45, 2.75) is 79.3 Å². The molecule has 1 aromatic heterocycles. The maximum Gasteiger partial charge on any atom is 1.36 e. The summed E-state index contributed by atoms with van der Waals surface area (Å²) >= 11 is 3.34. The highest BCUT2D eigenvalue weighted by atomic mass is 32.2. The van der Waals surface area contributed by atoms with Gasteiger partial charge in [0.15, 0.2) is 0 Å². The van der Waals surface area contributed by atoms with Gasteiger partial charge in [0.2, 0.25) is 10.1 Å². The van der Waals surface area contributed by atoms with E-state index in [4.69, 9.17) is 0 Å². The molecule has 2 fully saturated rings. The van der Waals surface area contributed by atoms with Crippen molar-refractivity contribution in [3.8, 4) is 0 Å². The summed E-state index contributed by atoms with van der Waals surface area (Å²) in [6.07, 6.45) is 4.06. The summed E-state index contributed by atoms with van der Waals surface area (Å²) in [7, 11) is 0.417. The van der Waals surface area contributed by atoms with Crippen molar-refractivity contribution >= 4 is 33.0 Å². The first kappa shape index (κ1) is 27.3. The molecule has 2 nitrogen and oxygen atoms in total. The first-order valence-electron chi connectivity index (χ1n) is 9.87. The van der Waals surface area contributed by atoms with Gasteiger partial charge in [0, 0.05) is 0 Å². The second-order valence-corrected chi connectivity index (χ2v) is 9.83. The molecule has 5 heteroatoms. The average molecular weight is 445 g/mol. The van der Waals surface area contributed by atoms with Crippen LogP contribution in [0.25, 0.3) is 0 Å². The van der Waals surface area contributed by atoms with Gasteiger partial charge < -0.3 is 0 Å². The highest BCUT2D eigenvalue weighted by Crippen LogP contribution is 2.52. The Morgan fingerprint density at radius 2 is 0.586 bits per heavy atom. The van der Waals surface area contributed by atoms with Gasteiger partial charge in [-0.2, -0.15) is 0 Å². The lowest BCUT2D eigenvalue weighted by atomic mass is 9.92. The van der Waals surface area contributed by atoms with Crippen LogP contribution in [0, 0.1) is 59.2 Å². The van der Waals surface area contributed by atoms with Crippen LogP contribution in [-0.4, -0.2) is 31.2 Å². The molecule has 0 aromatic carbocycles. The van der Waals surface area contributed by atoms with E-state index >= 15 is 0 Å². The Bertz CT molecular complexity index is 455. The van der Waals surface area contributed by atoms with Crippen LogP contribution in [0.2, 0.25) is 0 Å². The largest absolute Gasteiger partial charge is 1.36 e. The summed E-state index contributed by atoms with van der Waals surface area (Å²) in [6, 6.07) is 0. The monoisotopic (exact) mass is 444 g/mol. The summed E-state index contributed by atoms with van der Waals surface area (Å²) < 4.78 is 8.38. The highest BCUT2D eigenvalue weighted by Gasteiger charge is 2.41. The minimum Gasteiger partial charge on any atom is -0.101 e. The van der Waals surface area contributed by atoms with Crippen LogP contribution in [0.1, 0.15) is 69.2 Å².